The molecule has 1 saturated heterocycles. The van der Waals surface area contributed by atoms with Gasteiger partial charge in [-0.05, 0) is 31.0 Å². The first-order valence-electron chi connectivity index (χ1n) is 6.94. The van der Waals surface area contributed by atoms with E-state index in [0.717, 1.165) is 22.4 Å². The van der Waals surface area contributed by atoms with Crippen LogP contribution in [0, 0.1) is 19.7 Å². The molecule has 5 heteroatoms. The maximum atomic E-state index is 14.4. The van der Waals surface area contributed by atoms with Gasteiger partial charge in [-0.15, -0.1) is 0 Å². The molecular formula is C15H23FN2S2. The summed E-state index contributed by atoms with van der Waals surface area (Å²) < 4.78 is 14.4. The number of benzene rings is 1. The molecule has 0 saturated carbocycles. The predicted octanol–water partition coefficient (Wildman–Crippen LogP) is 3.57. The smallest absolute Gasteiger partial charge is 0.128 e. The van der Waals surface area contributed by atoms with Crippen molar-refractivity contribution >= 4 is 23.5 Å². The number of rotatable bonds is 3. The number of halogens is 1. The van der Waals surface area contributed by atoms with Crippen LogP contribution in [0.4, 0.5) is 4.39 Å². The Morgan fingerprint density at radius 3 is 2.55 bits per heavy atom. The van der Waals surface area contributed by atoms with Crippen LogP contribution >= 0.6 is 23.5 Å². The minimum Gasteiger partial charge on any atom is -0.271 e. The Balaban J connectivity index is 2.29. The van der Waals surface area contributed by atoms with Gasteiger partial charge in [-0.2, -0.15) is 23.5 Å². The van der Waals surface area contributed by atoms with E-state index < -0.39 is 0 Å². The van der Waals surface area contributed by atoms with E-state index in [1.807, 2.05) is 43.4 Å². The third-order valence-corrected chi connectivity index (χ3v) is 7.41. The predicted molar refractivity (Wildman–Crippen MR) is 88.7 cm³/mol. The molecule has 0 aromatic heterocycles. The molecule has 1 aromatic carbocycles. The van der Waals surface area contributed by atoms with Crippen LogP contribution in [0.5, 0.6) is 0 Å². The lowest BCUT2D eigenvalue weighted by Gasteiger charge is -2.36. The van der Waals surface area contributed by atoms with E-state index in [0.29, 0.717) is 15.7 Å². The largest absolute Gasteiger partial charge is 0.271 e. The Bertz CT molecular complexity index is 458. The molecule has 0 aliphatic carbocycles. The molecule has 0 amide bonds. The molecule has 2 nitrogen and oxygen atoms in total. The summed E-state index contributed by atoms with van der Waals surface area (Å²) in [7, 11) is 0. The van der Waals surface area contributed by atoms with E-state index in [9.17, 15) is 4.39 Å². The Kier molecular flexibility index (Phi) is 5.40. The van der Waals surface area contributed by atoms with Gasteiger partial charge in [0.25, 0.3) is 0 Å². The van der Waals surface area contributed by atoms with Gasteiger partial charge < -0.3 is 0 Å². The van der Waals surface area contributed by atoms with E-state index in [1.54, 1.807) is 6.07 Å². The zero-order chi connectivity index (χ0) is 14.9. The molecule has 4 atom stereocenters. The highest BCUT2D eigenvalue weighted by Gasteiger charge is 2.33. The van der Waals surface area contributed by atoms with Crippen molar-refractivity contribution < 1.29 is 4.39 Å². The summed E-state index contributed by atoms with van der Waals surface area (Å²) >= 11 is 3.86. The molecule has 1 fully saturated rings. The Hall–Kier alpha value is -0.230. The number of hydrogen-bond acceptors (Lipinski definition) is 4. The number of aryl methyl sites for hydroxylation is 2. The second kappa shape index (κ2) is 6.69. The number of nitrogens with one attached hydrogen (secondary N) is 1. The van der Waals surface area contributed by atoms with Gasteiger partial charge in [0, 0.05) is 27.1 Å². The van der Waals surface area contributed by atoms with Crippen molar-refractivity contribution in [2.75, 3.05) is 5.75 Å². The van der Waals surface area contributed by atoms with Gasteiger partial charge in [0.05, 0.1) is 6.04 Å². The SMILES string of the molecule is Cc1cc(C)c(C(NN)C2CSC(C)C(C)S2)c(F)c1. The van der Waals surface area contributed by atoms with Crippen LogP contribution < -0.4 is 11.3 Å². The first kappa shape index (κ1) is 16.1. The van der Waals surface area contributed by atoms with Crippen LogP contribution in [-0.2, 0) is 0 Å². The van der Waals surface area contributed by atoms with Crippen LogP contribution in [0.2, 0.25) is 0 Å². The first-order chi connectivity index (χ1) is 9.43. The highest BCUT2D eigenvalue weighted by molar-refractivity contribution is 8.07. The van der Waals surface area contributed by atoms with Gasteiger partial charge in [0.15, 0.2) is 0 Å². The number of nitrogens with two attached hydrogens (primary N) is 1. The fraction of sp³-hybridized carbons (Fsp3) is 0.600. The average Bonchev–Trinajstić information content (AvgIpc) is 2.37. The second-order valence-electron chi connectivity index (χ2n) is 5.54. The van der Waals surface area contributed by atoms with E-state index in [2.05, 4.69) is 19.3 Å². The van der Waals surface area contributed by atoms with E-state index in [1.165, 1.54) is 0 Å². The maximum Gasteiger partial charge on any atom is 0.128 e. The van der Waals surface area contributed by atoms with Crippen molar-refractivity contribution in [3.8, 4) is 0 Å². The minimum atomic E-state index is -0.151. The molecule has 0 spiro atoms. The quantitative estimate of drug-likeness (QED) is 0.661. The van der Waals surface area contributed by atoms with Gasteiger partial charge in [0.1, 0.15) is 5.82 Å². The summed E-state index contributed by atoms with van der Waals surface area (Å²) in [6, 6.07) is 3.48. The van der Waals surface area contributed by atoms with E-state index >= 15 is 0 Å². The molecule has 1 aromatic rings. The van der Waals surface area contributed by atoms with Crippen molar-refractivity contribution in [3.05, 3.63) is 34.6 Å². The topological polar surface area (TPSA) is 38.0 Å². The monoisotopic (exact) mass is 314 g/mol. The lowest BCUT2D eigenvalue weighted by atomic mass is 9.97. The number of hydrogen-bond donors (Lipinski definition) is 2. The molecule has 4 unspecified atom stereocenters. The number of hydrazine groups is 1. The van der Waals surface area contributed by atoms with Crippen molar-refractivity contribution in [2.45, 2.75) is 49.5 Å². The normalized spacial score (nSPS) is 28.4. The second-order valence-corrected chi connectivity index (χ2v) is 8.57. The third-order valence-electron chi connectivity index (χ3n) is 3.92. The van der Waals surface area contributed by atoms with Crippen LogP contribution in [0.3, 0.4) is 0 Å². The molecule has 0 bridgehead atoms. The summed E-state index contributed by atoms with van der Waals surface area (Å²) in [6.45, 7) is 8.36. The van der Waals surface area contributed by atoms with Gasteiger partial charge >= 0.3 is 0 Å². The molecule has 3 N–H and O–H groups in total. The summed E-state index contributed by atoms with van der Waals surface area (Å²) in [4.78, 5) is 0. The Labute approximate surface area is 129 Å². The van der Waals surface area contributed by atoms with Crippen LogP contribution in [0.25, 0.3) is 0 Å². The molecule has 112 valence electrons. The molecule has 1 heterocycles. The lowest BCUT2D eigenvalue weighted by Crippen LogP contribution is -2.41. The highest BCUT2D eigenvalue weighted by Crippen LogP contribution is 2.41. The van der Waals surface area contributed by atoms with Crippen LogP contribution in [-0.4, -0.2) is 21.5 Å². The summed E-state index contributed by atoms with van der Waals surface area (Å²) in [6.07, 6.45) is 0. The zero-order valence-corrected chi connectivity index (χ0v) is 14.1. The fourth-order valence-corrected chi connectivity index (χ4v) is 5.76. The minimum absolute atomic E-state index is 0.136. The molecule has 20 heavy (non-hydrogen) atoms. The van der Waals surface area contributed by atoms with Crippen LogP contribution in [0.15, 0.2) is 12.1 Å². The average molecular weight is 314 g/mol. The lowest BCUT2D eigenvalue weighted by molar-refractivity contribution is 0.506. The summed E-state index contributed by atoms with van der Waals surface area (Å²) in [5.74, 6) is 6.60. The highest BCUT2D eigenvalue weighted by atomic mass is 32.2. The standard InChI is InChI=1S/C15H23FN2S2/c1-8-5-9(2)14(12(16)6-8)15(18-17)13-7-19-10(3)11(4)20-13/h5-6,10-11,13,15,18H,7,17H2,1-4H3. The van der Waals surface area contributed by atoms with Crippen molar-refractivity contribution in [2.24, 2.45) is 5.84 Å². The molecule has 1 aliphatic heterocycles. The molecule has 0 radical (unpaired) electrons. The molecule has 2 rings (SSSR count). The van der Waals surface area contributed by atoms with E-state index in [4.69, 9.17) is 5.84 Å². The summed E-state index contributed by atoms with van der Waals surface area (Å²) in [5, 5.41) is 1.49. The molecular weight excluding hydrogens is 291 g/mol. The summed E-state index contributed by atoms with van der Waals surface area (Å²) in [5.41, 5.74) is 5.50. The van der Waals surface area contributed by atoms with Crippen molar-refractivity contribution in [1.82, 2.24) is 5.43 Å². The molecule has 1 aliphatic rings. The van der Waals surface area contributed by atoms with Gasteiger partial charge in [0.2, 0.25) is 0 Å². The Morgan fingerprint density at radius 2 is 2.00 bits per heavy atom. The van der Waals surface area contributed by atoms with Crippen molar-refractivity contribution in [1.29, 1.82) is 0 Å². The van der Waals surface area contributed by atoms with Gasteiger partial charge in [-0.1, -0.05) is 19.9 Å². The van der Waals surface area contributed by atoms with Crippen LogP contribution in [0.1, 0.15) is 36.6 Å². The first-order valence-corrected chi connectivity index (χ1v) is 8.93. The maximum absolute atomic E-state index is 14.4. The van der Waals surface area contributed by atoms with E-state index in [-0.39, 0.29) is 11.9 Å². The van der Waals surface area contributed by atoms with Gasteiger partial charge in [-0.25, -0.2) is 4.39 Å². The van der Waals surface area contributed by atoms with Gasteiger partial charge in [-0.3, -0.25) is 11.3 Å². The van der Waals surface area contributed by atoms with Crippen molar-refractivity contribution in [3.63, 3.8) is 0 Å². The Morgan fingerprint density at radius 1 is 1.30 bits per heavy atom. The zero-order valence-electron chi connectivity index (χ0n) is 12.4. The fourth-order valence-electron chi connectivity index (χ4n) is 2.68. The number of thioether (sulfide) groups is 2. The third kappa shape index (κ3) is 3.32.